The van der Waals surface area contributed by atoms with Gasteiger partial charge in [-0.05, 0) is 35.6 Å². The van der Waals surface area contributed by atoms with E-state index in [4.69, 9.17) is 5.21 Å². The van der Waals surface area contributed by atoms with Crippen LogP contribution in [-0.4, -0.2) is 65.7 Å². The molecule has 1 amide bonds. The number of aliphatic hydroxyl groups excluding tert-OH is 1. The fourth-order valence-corrected chi connectivity index (χ4v) is 4.89. The average molecular weight is 464 g/mol. The molecule has 0 unspecified atom stereocenters. The molecule has 0 heterocycles. The van der Waals surface area contributed by atoms with Crippen LogP contribution in [0.25, 0.3) is 0 Å². The summed E-state index contributed by atoms with van der Waals surface area (Å²) in [4.78, 5) is 11.3. The van der Waals surface area contributed by atoms with Gasteiger partial charge in [0.1, 0.15) is 0 Å². The standard InChI is InChI=1S/C22H29N3O6S/c1-16(2)14-25(32(30,31)19-10-8-18(9-11-19)13-23-29)15-21(26)20(24-22(27)28)12-17-6-4-3-5-7-17/h3-11,13,16,20-21,24,26,29H,12,14-15H2,1-2H3,(H,27,28)/t20-,21-/m0/s1. The number of hydrogen-bond acceptors (Lipinski definition) is 6. The predicted molar refractivity (Wildman–Crippen MR) is 121 cm³/mol. The highest BCUT2D eigenvalue weighted by atomic mass is 32.2. The van der Waals surface area contributed by atoms with Crippen LogP contribution in [0.15, 0.2) is 64.6 Å². The zero-order valence-corrected chi connectivity index (χ0v) is 18.8. The number of sulfonamides is 1. The number of oxime groups is 1. The largest absolute Gasteiger partial charge is 0.465 e. The monoisotopic (exact) mass is 463 g/mol. The molecule has 2 aromatic rings. The molecular weight excluding hydrogens is 434 g/mol. The van der Waals surface area contributed by atoms with Crippen molar-refractivity contribution in [1.82, 2.24) is 9.62 Å². The first kappa shape index (κ1) is 25.3. The average Bonchev–Trinajstić information content (AvgIpc) is 2.73. The molecule has 32 heavy (non-hydrogen) atoms. The van der Waals surface area contributed by atoms with Crippen LogP contribution in [0.5, 0.6) is 0 Å². The van der Waals surface area contributed by atoms with Crippen molar-refractivity contribution < 1.29 is 28.6 Å². The summed E-state index contributed by atoms with van der Waals surface area (Å²) in [5, 5.41) is 33.9. The van der Waals surface area contributed by atoms with Gasteiger partial charge in [0.15, 0.2) is 0 Å². The van der Waals surface area contributed by atoms with Crippen LogP contribution in [0.4, 0.5) is 4.79 Å². The van der Waals surface area contributed by atoms with Gasteiger partial charge in [0.25, 0.3) is 0 Å². The summed E-state index contributed by atoms with van der Waals surface area (Å²) in [7, 11) is -3.97. The fourth-order valence-electron chi connectivity index (χ4n) is 3.27. The number of carbonyl (C=O) groups is 1. The molecular formula is C22H29N3O6S. The molecule has 2 atom stereocenters. The number of nitrogens with one attached hydrogen (secondary N) is 1. The van der Waals surface area contributed by atoms with Crippen LogP contribution >= 0.6 is 0 Å². The van der Waals surface area contributed by atoms with Crippen molar-refractivity contribution in [2.45, 2.75) is 37.3 Å². The van der Waals surface area contributed by atoms with E-state index in [2.05, 4.69) is 10.5 Å². The summed E-state index contributed by atoms with van der Waals surface area (Å²) in [5.74, 6) is -0.0298. The summed E-state index contributed by atoms with van der Waals surface area (Å²) in [6, 6.07) is 13.9. The van der Waals surface area contributed by atoms with Crippen molar-refractivity contribution in [3.8, 4) is 0 Å². The van der Waals surface area contributed by atoms with Crippen LogP contribution in [0.3, 0.4) is 0 Å². The highest BCUT2D eigenvalue weighted by Crippen LogP contribution is 2.19. The van der Waals surface area contributed by atoms with Crippen molar-refractivity contribution in [2.24, 2.45) is 11.1 Å². The molecule has 0 saturated heterocycles. The second-order valence-corrected chi connectivity index (χ2v) is 9.78. The summed E-state index contributed by atoms with van der Waals surface area (Å²) in [6.07, 6.45) is -1.19. The molecule has 0 saturated carbocycles. The highest BCUT2D eigenvalue weighted by Gasteiger charge is 2.31. The van der Waals surface area contributed by atoms with Crippen LogP contribution in [0, 0.1) is 5.92 Å². The Morgan fingerprint density at radius 1 is 1.09 bits per heavy atom. The minimum Gasteiger partial charge on any atom is -0.465 e. The molecule has 0 aromatic heterocycles. The first-order valence-electron chi connectivity index (χ1n) is 10.1. The lowest BCUT2D eigenvalue weighted by Gasteiger charge is -2.30. The topological polar surface area (TPSA) is 140 Å². The van der Waals surface area contributed by atoms with Gasteiger partial charge >= 0.3 is 6.09 Å². The third-order valence-corrected chi connectivity index (χ3v) is 6.60. The van der Waals surface area contributed by atoms with Gasteiger partial charge in [-0.25, -0.2) is 13.2 Å². The maximum absolute atomic E-state index is 13.3. The molecule has 0 aliphatic rings. The Hall–Kier alpha value is -2.95. The lowest BCUT2D eigenvalue weighted by molar-refractivity contribution is 0.0980. The second-order valence-electron chi connectivity index (χ2n) is 7.84. The maximum atomic E-state index is 13.3. The minimum absolute atomic E-state index is 0.0197. The molecule has 0 radical (unpaired) electrons. The highest BCUT2D eigenvalue weighted by molar-refractivity contribution is 7.89. The van der Waals surface area contributed by atoms with Gasteiger partial charge in [-0.15, -0.1) is 0 Å². The molecule has 9 nitrogen and oxygen atoms in total. The van der Waals surface area contributed by atoms with Gasteiger partial charge in [0, 0.05) is 13.1 Å². The van der Waals surface area contributed by atoms with Crippen LogP contribution in [0.2, 0.25) is 0 Å². The van der Waals surface area contributed by atoms with E-state index >= 15 is 0 Å². The van der Waals surface area contributed by atoms with Crippen molar-refractivity contribution in [2.75, 3.05) is 13.1 Å². The lowest BCUT2D eigenvalue weighted by Crippen LogP contribution is -2.50. The summed E-state index contributed by atoms with van der Waals surface area (Å²) in [6.45, 7) is 3.57. The zero-order valence-electron chi connectivity index (χ0n) is 18.0. The molecule has 0 fully saturated rings. The van der Waals surface area contributed by atoms with Gasteiger partial charge in [0.2, 0.25) is 10.0 Å². The number of benzene rings is 2. The number of rotatable bonds is 11. The Labute approximate surface area is 188 Å². The lowest BCUT2D eigenvalue weighted by atomic mass is 10.0. The third-order valence-electron chi connectivity index (χ3n) is 4.76. The molecule has 0 bridgehead atoms. The van der Waals surface area contributed by atoms with Crippen molar-refractivity contribution in [3.05, 3.63) is 65.7 Å². The molecule has 4 N–H and O–H groups in total. The molecule has 2 aromatic carbocycles. The molecule has 0 aliphatic carbocycles. The van der Waals surface area contributed by atoms with E-state index < -0.39 is 28.3 Å². The van der Waals surface area contributed by atoms with E-state index in [0.29, 0.717) is 5.56 Å². The van der Waals surface area contributed by atoms with Crippen molar-refractivity contribution in [3.63, 3.8) is 0 Å². The normalized spacial score (nSPS) is 14.0. The van der Waals surface area contributed by atoms with E-state index in [9.17, 15) is 23.4 Å². The Kier molecular flexibility index (Phi) is 9.18. The molecule has 0 aliphatic heterocycles. The van der Waals surface area contributed by atoms with E-state index in [1.165, 1.54) is 34.8 Å². The van der Waals surface area contributed by atoms with Gasteiger partial charge in [-0.2, -0.15) is 4.31 Å². The summed E-state index contributed by atoms with van der Waals surface area (Å²) < 4.78 is 27.7. The fraction of sp³-hybridized carbons (Fsp3) is 0.364. The van der Waals surface area contributed by atoms with E-state index in [0.717, 1.165) is 5.56 Å². The Morgan fingerprint density at radius 2 is 1.72 bits per heavy atom. The van der Waals surface area contributed by atoms with E-state index in [-0.39, 0.29) is 30.3 Å². The predicted octanol–water partition coefficient (Wildman–Crippen LogP) is 2.38. The Morgan fingerprint density at radius 3 is 2.25 bits per heavy atom. The minimum atomic E-state index is -3.97. The van der Waals surface area contributed by atoms with Crippen LogP contribution in [0.1, 0.15) is 25.0 Å². The van der Waals surface area contributed by atoms with E-state index in [1.807, 2.05) is 32.0 Å². The first-order chi connectivity index (χ1) is 15.1. The van der Waals surface area contributed by atoms with Crippen molar-refractivity contribution >= 4 is 22.3 Å². The molecule has 174 valence electrons. The Balaban J connectivity index is 2.28. The van der Waals surface area contributed by atoms with Gasteiger partial charge in [-0.1, -0.05) is 61.5 Å². The van der Waals surface area contributed by atoms with E-state index in [1.54, 1.807) is 12.1 Å². The van der Waals surface area contributed by atoms with Crippen LogP contribution in [-0.2, 0) is 16.4 Å². The van der Waals surface area contributed by atoms with Crippen LogP contribution < -0.4 is 5.32 Å². The summed E-state index contributed by atoms with van der Waals surface area (Å²) >= 11 is 0. The molecule has 2 rings (SSSR count). The number of carboxylic acid groups (broad SMARTS) is 1. The number of hydrogen-bond donors (Lipinski definition) is 4. The van der Waals surface area contributed by atoms with Gasteiger partial charge < -0.3 is 20.7 Å². The number of aliphatic hydroxyl groups is 1. The second kappa shape index (κ2) is 11.6. The first-order valence-corrected chi connectivity index (χ1v) is 11.6. The molecule has 0 spiro atoms. The summed E-state index contributed by atoms with van der Waals surface area (Å²) in [5.41, 5.74) is 1.33. The van der Waals surface area contributed by atoms with Gasteiger partial charge in [-0.3, -0.25) is 0 Å². The third kappa shape index (κ3) is 7.33. The SMILES string of the molecule is CC(C)CN(C[C@H](O)[C@H](Cc1ccccc1)NC(=O)O)S(=O)(=O)c1ccc(C=NO)cc1. The van der Waals surface area contributed by atoms with Crippen molar-refractivity contribution in [1.29, 1.82) is 0 Å². The van der Waals surface area contributed by atoms with Gasteiger partial charge in [0.05, 0.1) is 23.3 Å². The molecule has 10 heteroatoms. The quantitative estimate of drug-likeness (QED) is 0.229. The number of amides is 1. The maximum Gasteiger partial charge on any atom is 0.404 e. The smallest absolute Gasteiger partial charge is 0.404 e. The Bertz CT molecular complexity index is 994. The number of nitrogens with zero attached hydrogens (tertiary/aromatic N) is 2. The zero-order chi connectivity index (χ0) is 23.7.